The van der Waals surface area contributed by atoms with Gasteiger partial charge < -0.3 is 20.5 Å². The number of fused-ring (bicyclic) bond motifs is 3. The molecule has 33 heavy (non-hydrogen) atoms. The first-order chi connectivity index (χ1) is 16.0. The number of nitrogens with one attached hydrogen (secondary N) is 2. The number of thioether (sulfide) groups is 1. The van der Waals surface area contributed by atoms with Gasteiger partial charge in [0, 0.05) is 12.5 Å². The summed E-state index contributed by atoms with van der Waals surface area (Å²) >= 11 is 1.58. The van der Waals surface area contributed by atoms with Gasteiger partial charge in [-0.05, 0) is 53.0 Å². The highest BCUT2D eigenvalue weighted by Crippen LogP contribution is 2.44. The number of carbonyl (C=O) groups excluding carboxylic acids is 2. The number of carbonyl (C=O) groups is 3. The lowest BCUT2D eigenvalue weighted by atomic mass is 9.98. The molecule has 3 N–H and O–H groups in total. The summed E-state index contributed by atoms with van der Waals surface area (Å²) in [6, 6.07) is 15.5. The number of rotatable bonds is 10. The van der Waals surface area contributed by atoms with Gasteiger partial charge in [0.2, 0.25) is 5.91 Å². The molecule has 3 atom stereocenters. The Hall–Kier alpha value is -3.00. The molecule has 0 bridgehead atoms. The molecule has 0 aromatic heterocycles. The van der Waals surface area contributed by atoms with Gasteiger partial charge in [0.1, 0.15) is 12.6 Å². The first kappa shape index (κ1) is 23.2. The fraction of sp³-hybridized carbons (Fsp3) is 0.400. The number of carboxylic acids is 1. The van der Waals surface area contributed by atoms with Gasteiger partial charge in [-0.1, -0.05) is 48.5 Å². The molecule has 2 aromatic carbocycles. The summed E-state index contributed by atoms with van der Waals surface area (Å²) in [5, 5.41) is 14.5. The van der Waals surface area contributed by atoms with Crippen LogP contribution >= 0.6 is 11.8 Å². The molecule has 2 unspecified atom stereocenters. The van der Waals surface area contributed by atoms with E-state index in [4.69, 9.17) is 9.84 Å². The highest BCUT2D eigenvalue weighted by Gasteiger charge is 2.43. The van der Waals surface area contributed by atoms with E-state index in [9.17, 15) is 14.4 Å². The molecule has 0 spiro atoms. The molecule has 1 fully saturated rings. The zero-order chi connectivity index (χ0) is 23.4. The highest BCUT2D eigenvalue weighted by molar-refractivity contribution is 7.98. The average molecular weight is 469 g/mol. The number of aliphatic carboxylic acids is 1. The minimum absolute atomic E-state index is 0.0397. The second kappa shape index (κ2) is 10.3. The van der Waals surface area contributed by atoms with Gasteiger partial charge in [-0.3, -0.25) is 9.59 Å². The second-order valence-electron chi connectivity index (χ2n) is 8.49. The summed E-state index contributed by atoms with van der Waals surface area (Å²) in [4.78, 5) is 36.2. The molecule has 0 aliphatic heterocycles. The smallest absolute Gasteiger partial charge is 0.407 e. The van der Waals surface area contributed by atoms with Crippen molar-refractivity contribution < 1.29 is 24.2 Å². The van der Waals surface area contributed by atoms with Crippen molar-refractivity contribution in [1.29, 1.82) is 0 Å². The standard InChI is InChI=1S/C25H28N2O5S/c1-33-11-10-22(23(28)26-13-15-12-20(15)24(29)30)27-25(31)32-14-21-18-8-4-2-6-16(18)17-7-3-5-9-19(17)21/h2-9,15,20-22H,10-14H2,1H3,(H,26,28)(H,27,31)(H,29,30)/t15?,20?,22-/m0/s1. The second-order valence-corrected chi connectivity index (χ2v) is 9.48. The van der Waals surface area contributed by atoms with Crippen molar-refractivity contribution in [2.24, 2.45) is 11.8 Å². The number of hydrogen-bond donors (Lipinski definition) is 3. The monoisotopic (exact) mass is 468 g/mol. The lowest BCUT2D eigenvalue weighted by molar-refractivity contribution is -0.139. The van der Waals surface area contributed by atoms with Crippen molar-refractivity contribution in [1.82, 2.24) is 10.6 Å². The summed E-state index contributed by atoms with van der Waals surface area (Å²) in [6.45, 7) is 0.483. The number of amides is 2. The van der Waals surface area contributed by atoms with Crippen molar-refractivity contribution >= 4 is 29.7 Å². The lowest BCUT2D eigenvalue weighted by Gasteiger charge is -2.19. The van der Waals surface area contributed by atoms with E-state index in [0.29, 0.717) is 25.1 Å². The summed E-state index contributed by atoms with van der Waals surface area (Å²) in [5.74, 6) is -0.918. The van der Waals surface area contributed by atoms with E-state index in [2.05, 4.69) is 34.9 Å². The number of ether oxygens (including phenoxy) is 1. The van der Waals surface area contributed by atoms with E-state index < -0.39 is 18.1 Å². The first-order valence-electron chi connectivity index (χ1n) is 11.1. The van der Waals surface area contributed by atoms with Gasteiger partial charge in [-0.25, -0.2) is 4.79 Å². The predicted octanol–water partition coefficient (Wildman–Crippen LogP) is 3.48. The quantitative estimate of drug-likeness (QED) is 0.493. The normalized spacial score (nSPS) is 19.2. The maximum atomic E-state index is 12.6. The molecular weight excluding hydrogens is 440 g/mol. The van der Waals surface area contributed by atoms with Crippen LogP contribution in [-0.2, 0) is 14.3 Å². The average Bonchev–Trinajstić information content (AvgIpc) is 3.54. The van der Waals surface area contributed by atoms with Crippen LogP contribution in [0.25, 0.3) is 11.1 Å². The van der Waals surface area contributed by atoms with E-state index in [1.165, 1.54) is 0 Å². The van der Waals surface area contributed by atoms with Crippen LogP contribution in [0.4, 0.5) is 4.79 Å². The van der Waals surface area contributed by atoms with Crippen LogP contribution in [-0.4, -0.2) is 54.3 Å². The topological polar surface area (TPSA) is 105 Å². The Kier molecular flexibility index (Phi) is 7.23. The van der Waals surface area contributed by atoms with Crippen molar-refractivity contribution in [3.05, 3.63) is 59.7 Å². The van der Waals surface area contributed by atoms with Gasteiger partial charge in [0.05, 0.1) is 5.92 Å². The van der Waals surface area contributed by atoms with Crippen LogP contribution in [0.3, 0.4) is 0 Å². The Morgan fingerprint density at radius 2 is 1.73 bits per heavy atom. The Labute approximate surface area is 197 Å². The predicted molar refractivity (Wildman–Crippen MR) is 127 cm³/mol. The third kappa shape index (κ3) is 5.33. The lowest BCUT2D eigenvalue weighted by Crippen LogP contribution is -2.48. The fourth-order valence-electron chi connectivity index (χ4n) is 4.42. The van der Waals surface area contributed by atoms with Gasteiger partial charge in [0.15, 0.2) is 0 Å². The Morgan fingerprint density at radius 1 is 1.09 bits per heavy atom. The van der Waals surface area contributed by atoms with E-state index >= 15 is 0 Å². The Morgan fingerprint density at radius 3 is 2.30 bits per heavy atom. The maximum absolute atomic E-state index is 12.6. The molecule has 0 heterocycles. The SMILES string of the molecule is CSCC[C@H](NC(=O)OCC1c2ccccc2-c2ccccc21)C(=O)NCC1CC1C(=O)O. The molecule has 2 amide bonds. The van der Waals surface area contributed by atoms with E-state index in [-0.39, 0.29) is 30.3 Å². The van der Waals surface area contributed by atoms with Gasteiger partial charge in [0.25, 0.3) is 0 Å². The van der Waals surface area contributed by atoms with Crippen LogP contribution in [0, 0.1) is 11.8 Å². The van der Waals surface area contributed by atoms with Crippen LogP contribution in [0.2, 0.25) is 0 Å². The van der Waals surface area contributed by atoms with Crippen molar-refractivity contribution in [3.8, 4) is 11.1 Å². The summed E-state index contributed by atoms with van der Waals surface area (Å²) < 4.78 is 5.57. The van der Waals surface area contributed by atoms with E-state index in [1.807, 2.05) is 30.5 Å². The Balaban J connectivity index is 1.34. The molecule has 0 radical (unpaired) electrons. The van der Waals surface area contributed by atoms with Crippen molar-refractivity contribution in [2.75, 3.05) is 25.2 Å². The number of hydrogen-bond acceptors (Lipinski definition) is 5. The zero-order valence-electron chi connectivity index (χ0n) is 18.5. The van der Waals surface area contributed by atoms with Crippen LogP contribution < -0.4 is 10.6 Å². The number of benzene rings is 2. The maximum Gasteiger partial charge on any atom is 0.407 e. The minimum Gasteiger partial charge on any atom is -0.481 e. The molecule has 0 saturated heterocycles. The minimum atomic E-state index is -0.829. The fourth-order valence-corrected chi connectivity index (χ4v) is 4.89. The molecule has 1 saturated carbocycles. The van der Waals surface area contributed by atoms with Crippen molar-refractivity contribution in [3.63, 3.8) is 0 Å². The molecule has 2 aromatic rings. The molecule has 7 nitrogen and oxygen atoms in total. The van der Waals surface area contributed by atoms with E-state index in [0.717, 1.165) is 22.3 Å². The van der Waals surface area contributed by atoms with Crippen LogP contribution in [0.5, 0.6) is 0 Å². The number of carboxylic acid groups (broad SMARTS) is 1. The summed E-state index contributed by atoms with van der Waals surface area (Å²) in [5.41, 5.74) is 4.55. The number of alkyl carbamates (subject to hydrolysis) is 1. The van der Waals surface area contributed by atoms with Gasteiger partial charge >= 0.3 is 12.1 Å². The third-order valence-corrected chi connectivity index (χ3v) is 6.99. The molecule has 8 heteroatoms. The van der Waals surface area contributed by atoms with Gasteiger partial charge in [-0.2, -0.15) is 11.8 Å². The summed E-state index contributed by atoms with van der Waals surface area (Å²) in [7, 11) is 0. The molecule has 2 aliphatic rings. The molecular formula is C25H28N2O5S. The molecule has 4 rings (SSSR count). The Bertz CT molecular complexity index is 997. The molecule has 174 valence electrons. The summed E-state index contributed by atoms with van der Waals surface area (Å²) in [6.07, 6.45) is 2.34. The van der Waals surface area contributed by atoms with Crippen LogP contribution in [0.15, 0.2) is 48.5 Å². The van der Waals surface area contributed by atoms with Crippen molar-refractivity contribution in [2.45, 2.75) is 24.8 Å². The molecule has 2 aliphatic carbocycles. The van der Waals surface area contributed by atoms with Gasteiger partial charge in [-0.15, -0.1) is 0 Å². The van der Waals surface area contributed by atoms with Crippen LogP contribution in [0.1, 0.15) is 29.9 Å². The first-order valence-corrected chi connectivity index (χ1v) is 12.5. The largest absolute Gasteiger partial charge is 0.481 e. The zero-order valence-corrected chi connectivity index (χ0v) is 19.3. The highest BCUT2D eigenvalue weighted by atomic mass is 32.2. The van der Waals surface area contributed by atoms with E-state index in [1.54, 1.807) is 11.8 Å². The third-order valence-electron chi connectivity index (χ3n) is 6.34.